The van der Waals surface area contributed by atoms with Crippen molar-refractivity contribution in [2.45, 2.75) is 32.7 Å². The molecule has 0 aromatic heterocycles. The van der Waals surface area contributed by atoms with Crippen LogP contribution in [0.1, 0.15) is 42.1 Å². The second kappa shape index (κ2) is 8.10. The van der Waals surface area contributed by atoms with E-state index in [4.69, 9.17) is 12.2 Å². The first kappa shape index (κ1) is 18.1. The molecule has 2 aromatic rings. The van der Waals surface area contributed by atoms with Gasteiger partial charge in [0.05, 0.1) is 6.54 Å². The number of rotatable bonds is 5. The van der Waals surface area contributed by atoms with Crippen LogP contribution in [0.3, 0.4) is 0 Å². The summed E-state index contributed by atoms with van der Waals surface area (Å²) in [6, 6.07) is 15.1. The van der Waals surface area contributed by atoms with Crippen LogP contribution in [0.25, 0.3) is 0 Å². The zero-order valence-electron chi connectivity index (χ0n) is 14.6. The normalized spacial score (nSPS) is 12.7. The average molecular weight is 367 g/mol. The highest BCUT2D eigenvalue weighted by Gasteiger charge is 2.27. The second-order valence-electron chi connectivity index (χ2n) is 6.20. The van der Waals surface area contributed by atoms with E-state index in [2.05, 4.69) is 10.6 Å². The Morgan fingerprint density at radius 3 is 2.58 bits per heavy atom. The van der Waals surface area contributed by atoms with Crippen molar-refractivity contribution in [2.75, 3.05) is 10.2 Å². The van der Waals surface area contributed by atoms with Crippen molar-refractivity contribution in [2.24, 2.45) is 0 Å². The van der Waals surface area contributed by atoms with Crippen LogP contribution in [-0.2, 0) is 11.3 Å². The summed E-state index contributed by atoms with van der Waals surface area (Å²) in [7, 11) is 0. The molecule has 2 amide bonds. The van der Waals surface area contributed by atoms with Gasteiger partial charge in [-0.15, -0.1) is 0 Å². The van der Waals surface area contributed by atoms with Crippen LogP contribution in [0, 0.1) is 0 Å². The lowest BCUT2D eigenvalue weighted by Crippen LogP contribution is -2.33. The zero-order chi connectivity index (χ0) is 18.5. The van der Waals surface area contributed by atoms with Gasteiger partial charge in [-0.25, -0.2) is 0 Å². The molecule has 0 bridgehead atoms. The maximum absolute atomic E-state index is 12.5. The molecule has 0 unspecified atom stereocenters. The Labute approximate surface area is 158 Å². The molecule has 0 fully saturated rings. The third-order valence-electron chi connectivity index (χ3n) is 4.27. The van der Waals surface area contributed by atoms with Crippen molar-refractivity contribution in [3.63, 3.8) is 0 Å². The molecule has 1 aliphatic rings. The number of anilines is 2. The lowest BCUT2D eigenvalue weighted by Gasteiger charge is -2.16. The highest BCUT2D eigenvalue weighted by molar-refractivity contribution is 7.80. The summed E-state index contributed by atoms with van der Waals surface area (Å²) >= 11 is 5.16. The summed E-state index contributed by atoms with van der Waals surface area (Å²) in [5.41, 5.74) is 3.38. The minimum atomic E-state index is -0.0820. The molecule has 0 saturated carbocycles. The van der Waals surface area contributed by atoms with Crippen molar-refractivity contribution in [1.29, 1.82) is 0 Å². The van der Waals surface area contributed by atoms with Gasteiger partial charge in [-0.1, -0.05) is 31.5 Å². The van der Waals surface area contributed by atoms with Crippen molar-refractivity contribution < 1.29 is 9.59 Å². The quantitative estimate of drug-likeness (QED) is 0.788. The summed E-state index contributed by atoms with van der Waals surface area (Å²) in [4.78, 5) is 26.0. The summed E-state index contributed by atoms with van der Waals surface area (Å²) in [5, 5.41) is 5.94. The summed E-state index contributed by atoms with van der Waals surface area (Å²) in [5.74, 6) is -0.0681. The van der Waals surface area contributed by atoms with Gasteiger partial charge < -0.3 is 15.5 Å². The van der Waals surface area contributed by atoms with E-state index in [1.807, 2.05) is 55.5 Å². The van der Waals surface area contributed by atoms with E-state index in [0.29, 0.717) is 13.0 Å². The summed E-state index contributed by atoms with van der Waals surface area (Å²) in [6.07, 6.45) is 2.28. The van der Waals surface area contributed by atoms with Gasteiger partial charge in [-0.3, -0.25) is 9.59 Å². The summed E-state index contributed by atoms with van der Waals surface area (Å²) < 4.78 is 0. The Balaban J connectivity index is 1.60. The van der Waals surface area contributed by atoms with E-state index in [1.54, 1.807) is 4.90 Å². The minimum Gasteiger partial charge on any atom is -0.332 e. The lowest BCUT2D eigenvalue weighted by atomic mass is 10.1. The molecule has 1 heterocycles. The minimum absolute atomic E-state index is 0.0139. The molecular weight excluding hydrogens is 346 g/mol. The van der Waals surface area contributed by atoms with Crippen LogP contribution in [0.2, 0.25) is 0 Å². The van der Waals surface area contributed by atoms with Gasteiger partial charge in [0, 0.05) is 23.4 Å². The van der Waals surface area contributed by atoms with Gasteiger partial charge in [0.25, 0.3) is 5.91 Å². The SMILES string of the molecule is CCCCC(=O)NC(=S)Nc1ccc(N2Cc3ccccc3C2=O)cc1. The molecule has 0 radical (unpaired) electrons. The van der Waals surface area contributed by atoms with E-state index >= 15 is 0 Å². The zero-order valence-corrected chi connectivity index (χ0v) is 15.4. The average Bonchev–Trinajstić information content (AvgIpc) is 2.97. The number of fused-ring (bicyclic) bond motifs is 1. The van der Waals surface area contributed by atoms with Crippen molar-refractivity contribution in [1.82, 2.24) is 5.32 Å². The predicted octanol–water partition coefficient (Wildman–Crippen LogP) is 3.85. The molecule has 0 atom stereocenters. The highest BCUT2D eigenvalue weighted by atomic mass is 32.1. The van der Waals surface area contributed by atoms with E-state index in [9.17, 15) is 9.59 Å². The molecule has 1 aliphatic heterocycles. The van der Waals surface area contributed by atoms with Crippen LogP contribution < -0.4 is 15.5 Å². The van der Waals surface area contributed by atoms with Crippen molar-refractivity contribution in [3.8, 4) is 0 Å². The largest absolute Gasteiger partial charge is 0.332 e. The van der Waals surface area contributed by atoms with Crippen LogP contribution in [0.4, 0.5) is 11.4 Å². The van der Waals surface area contributed by atoms with Gasteiger partial charge in [0.15, 0.2) is 5.11 Å². The molecule has 0 aliphatic carbocycles. The van der Waals surface area contributed by atoms with Gasteiger partial charge >= 0.3 is 0 Å². The van der Waals surface area contributed by atoms with Crippen molar-refractivity contribution in [3.05, 3.63) is 59.7 Å². The first-order valence-electron chi connectivity index (χ1n) is 8.69. The molecule has 5 nitrogen and oxygen atoms in total. The molecule has 134 valence electrons. The first-order valence-corrected chi connectivity index (χ1v) is 9.10. The number of benzene rings is 2. The molecule has 6 heteroatoms. The lowest BCUT2D eigenvalue weighted by molar-refractivity contribution is -0.119. The molecule has 0 spiro atoms. The number of hydrogen-bond acceptors (Lipinski definition) is 3. The monoisotopic (exact) mass is 367 g/mol. The Morgan fingerprint density at radius 2 is 1.88 bits per heavy atom. The van der Waals surface area contributed by atoms with Crippen molar-refractivity contribution >= 4 is 40.5 Å². The molecule has 3 rings (SSSR count). The number of unbranched alkanes of at least 4 members (excludes halogenated alkanes) is 1. The predicted molar refractivity (Wildman–Crippen MR) is 107 cm³/mol. The van der Waals surface area contributed by atoms with E-state index in [1.165, 1.54) is 0 Å². The maximum atomic E-state index is 12.5. The van der Waals surface area contributed by atoms with Crippen LogP contribution >= 0.6 is 12.2 Å². The third-order valence-corrected chi connectivity index (χ3v) is 4.47. The van der Waals surface area contributed by atoms with Crippen LogP contribution in [-0.4, -0.2) is 16.9 Å². The first-order chi connectivity index (χ1) is 12.6. The van der Waals surface area contributed by atoms with E-state index in [0.717, 1.165) is 35.3 Å². The Kier molecular flexibility index (Phi) is 5.63. The fraction of sp³-hybridized carbons (Fsp3) is 0.250. The third kappa shape index (κ3) is 4.08. The topological polar surface area (TPSA) is 61.4 Å². The van der Waals surface area contributed by atoms with Crippen LogP contribution in [0.5, 0.6) is 0 Å². The van der Waals surface area contributed by atoms with Gasteiger partial charge in [0.1, 0.15) is 0 Å². The van der Waals surface area contributed by atoms with Gasteiger partial charge in [-0.2, -0.15) is 0 Å². The molecular formula is C20H21N3O2S. The number of carbonyl (C=O) groups is 2. The number of thiocarbonyl (C=S) groups is 1. The fourth-order valence-corrected chi connectivity index (χ4v) is 3.11. The number of nitrogens with one attached hydrogen (secondary N) is 2. The van der Waals surface area contributed by atoms with E-state index in [-0.39, 0.29) is 16.9 Å². The molecule has 0 saturated heterocycles. The summed E-state index contributed by atoms with van der Waals surface area (Å²) in [6.45, 7) is 2.61. The molecule has 26 heavy (non-hydrogen) atoms. The maximum Gasteiger partial charge on any atom is 0.258 e. The molecule has 2 aromatic carbocycles. The molecule has 2 N–H and O–H groups in total. The standard InChI is InChI=1S/C20H21N3O2S/c1-2-3-8-18(24)22-20(26)21-15-9-11-16(12-10-15)23-13-14-6-4-5-7-17(14)19(23)25/h4-7,9-12H,2-3,8,13H2,1H3,(H2,21,22,24,26). The Hall–Kier alpha value is -2.73. The van der Waals surface area contributed by atoms with Gasteiger partial charge in [-0.05, 0) is 54.5 Å². The number of nitrogens with zero attached hydrogens (tertiary/aromatic N) is 1. The fourth-order valence-electron chi connectivity index (χ4n) is 2.88. The number of carbonyl (C=O) groups excluding carboxylic acids is 2. The second-order valence-corrected chi connectivity index (χ2v) is 6.61. The Morgan fingerprint density at radius 1 is 1.15 bits per heavy atom. The van der Waals surface area contributed by atoms with Gasteiger partial charge in [0.2, 0.25) is 5.91 Å². The smallest absolute Gasteiger partial charge is 0.258 e. The van der Waals surface area contributed by atoms with Crippen LogP contribution in [0.15, 0.2) is 48.5 Å². The van der Waals surface area contributed by atoms with E-state index < -0.39 is 0 Å². The highest BCUT2D eigenvalue weighted by Crippen LogP contribution is 2.28. The number of hydrogen-bond donors (Lipinski definition) is 2. The Bertz CT molecular complexity index is 833. The number of amides is 2.